The lowest BCUT2D eigenvalue weighted by Gasteiger charge is -2.12. The molecule has 0 spiro atoms. The molecule has 3 aromatic rings. The Bertz CT molecular complexity index is 1140. The lowest BCUT2D eigenvalue weighted by molar-refractivity contribution is -0.117. The summed E-state index contributed by atoms with van der Waals surface area (Å²) in [4.78, 5) is 32.4. The Morgan fingerprint density at radius 3 is 2.79 bits per heavy atom. The summed E-state index contributed by atoms with van der Waals surface area (Å²) < 4.78 is 19.9. The highest BCUT2D eigenvalue weighted by Gasteiger charge is 2.38. The van der Waals surface area contributed by atoms with Crippen LogP contribution in [0.1, 0.15) is 19.8 Å². The van der Waals surface area contributed by atoms with Gasteiger partial charge in [-0.15, -0.1) is 5.10 Å². The molecule has 2 atom stereocenters. The molecule has 1 aliphatic carbocycles. The number of aromatic nitrogens is 4. The fourth-order valence-corrected chi connectivity index (χ4v) is 3.08. The van der Waals surface area contributed by atoms with Gasteiger partial charge in [-0.1, -0.05) is 24.5 Å². The Hall–Kier alpha value is -3.30. The first-order valence-corrected chi connectivity index (χ1v) is 9.19. The number of ether oxygens (including phenoxy) is 1. The molecule has 29 heavy (non-hydrogen) atoms. The van der Waals surface area contributed by atoms with Gasteiger partial charge >= 0.3 is 0 Å². The fraction of sp³-hybridized carbons (Fsp3) is 0.316. The fourth-order valence-electron chi connectivity index (χ4n) is 3.08. The van der Waals surface area contributed by atoms with Gasteiger partial charge in [0.15, 0.2) is 5.82 Å². The van der Waals surface area contributed by atoms with Crippen molar-refractivity contribution in [2.45, 2.75) is 32.4 Å². The predicted octanol–water partition coefficient (Wildman–Crippen LogP) is 0.935. The van der Waals surface area contributed by atoms with Crippen molar-refractivity contribution in [3.05, 3.63) is 46.8 Å². The highest BCUT2D eigenvalue weighted by molar-refractivity contribution is 6.33. The number of anilines is 1. The van der Waals surface area contributed by atoms with Crippen LogP contribution in [0.4, 0.5) is 10.3 Å². The molecule has 0 aliphatic heterocycles. The van der Waals surface area contributed by atoms with Gasteiger partial charge in [-0.2, -0.15) is 0 Å². The Morgan fingerprint density at radius 2 is 2.10 bits per heavy atom. The van der Waals surface area contributed by atoms with E-state index in [2.05, 4.69) is 27.3 Å². The average molecular weight is 393 g/mol. The van der Waals surface area contributed by atoms with Crippen LogP contribution in [0.2, 0.25) is 0 Å². The van der Waals surface area contributed by atoms with Crippen LogP contribution in [0, 0.1) is 11.7 Å². The minimum Gasteiger partial charge on any atom is -0.473 e. The van der Waals surface area contributed by atoms with Crippen LogP contribution < -0.4 is 21.1 Å². The zero-order valence-electron chi connectivity index (χ0n) is 15.6. The van der Waals surface area contributed by atoms with Crippen LogP contribution in [0.15, 0.2) is 35.4 Å². The number of amides is 1. The van der Waals surface area contributed by atoms with Crippen molar-refractivity contribution < 1.29 is 13.9 Å². The second kappa shape index (κ2) is 7.61. The minimum atomic E-state index is -0.623. The van der Waals surface area contributed by atoms with E-state index in [-0.39, 0.29) is 24.5 Å². The highest BCUT2D eigenvalue weighted by Crippen LogP contribution is 2.37. The third-order valence-corrected chi connectivity index (χ3v) is 4.76. The van der Waals surface area contributed by atoms with Gasteiger partial charge in [-0.3, -0.25) is 14.9 Å². The summed E-state index contributed by atoms with van der Waals surface area (Å²) in [5.41, 5.74) is 0.0284. The van der Waals surface area contributed by atoms with Crippen molar-refractivity contribution in [1.82, 2.24) is 19.7 Å². The van der Waals surface area contributed by atoms with Crippen molar-refractivity contribution in [3.63, 3.8) is 0 Å². The second-order valence-corrected chi connectivity index (χ2v) is 6.91. The zero-order valence-corrected chi connectivity index (χ0v) is 15.6. The maximum Gasteiger partial charge on any atom is 0.275 e. The van der Waals surface area contributed by atoms with Crippen molar-refractivity contribution in [2.24, 2.45) is 5.92 Å². The Balaban J connectivity index is 1.63. The van der Waals surface area contributed by atoms with Gasteiger partial charge < -0.3 is 4.74 Å². The smallest absolute Gasteiger partial charge is 0.275 e. The monoisotopic (exact) mass is 393 g/mol. The van der Waals surface area contributed by atoms with Crippen LogP contribution in [-0.4, -0.2) is 39.6 Å². The number of nitrogens with one attached hydrogen (secondary N) is 1. The topological polar surface area (TPSA) is 99.0 Å². The first-order chi connectivity index (χ1) is 13.9. The number of carbonyl (C=O) groups excluding carboxylic acids is 1. The number of fused-ring (bicyclic) bond motifs is 1. The largest absolute Gasteiger partial charge is 0.473 e. The van der Waals surface area contributed by atoms with E-state index in [4.69, 9.17) is 12.6 Å². The summed E-state index contributed by atoms with van der Waals surface area (Å²) >= 11 is 0. The number of nitrogens with zero attached hydrogens (tertiary/aromatic N) is 4. The average Bonchev–Trinajstić information content (AvgIpc) is 3.45. The predicted molar refractivity (Wildman–Crippen MR) is 105 cm³/mol. The molecule has 2 heterocycles. The quantitative estimate of drug-likeness (QED) is 0.626. The van der Waals surface area contributed by atoms with Crippen molar-refractivity contribution in [1.29, 1.82) is 0 Å². The second-order valence-electron chi connectivity index (χ2n) is 6.91. The van der Waals surface area contributed by atoms with Gasteiger partial charge in [0.25, 0.3) is 5.56 Å². The highest BCUT2D eigenvalue weighted by atomic mass is 19.1. The summed E-state index contributed by atoms with van der Waals surface area (Å²) in [6.07, 6.45) is 3.80. The molecule has 1 fully saturated rings. The molecular formula is C19H17BFN5O3. The summed E-state index contributed by atoms with van der Waals surface area (Å²) in [6.45, 7) is 1.71. The van der Waals surface area contributed by atoms with Gasteiger partial charge in [0.05, 0.1) is 23.2 Å². The molecule has 4 rings (SSSR count). The summed E-state index contributed by atoms with van der Waals surface area (Å²) in [5.74, 6) is -0.559. The van der Waals surface area contributed by atoms with E-state index in [1.54, 1.807) is 18.2 Å². The summed E-state index contributed by atoms with van der Waals surface area (Å²) in [6, 6.07) is 4.83. The van der Waals surface area contributed by atoms with Gasteiger partial charge in [-0.25, -0.2) is 19.0 Å². The summed E-state index contributed by atoms with van der Waals surface area (Å²) in [5, 5.41) is 7.51. The zero-order chi connectivity index (χ0) is 20.5. The number of benzene rings is 1. The van der Waals surface area contributed by atoms with E-state index in [0.717, 1.165) is 29.9 Å². The SMILES string of the molecule is [B]c1ccc2c(=O)n(CC(=O)Nc3ncc(F)cn3)nc(OC3CC3CC)c2c1. The first-order valence-electron chi connectivity index (χ1n) is 9.19. The molecule has 10 heteroatoms. The molecule has 0 bridgehead atoms. The third-order valence-electron chi connectivity index (χ3n) is 4.76. The van der Waals surface area contributed by atoms with E-state index < -0.39 is 17.3 Å². The van der Waals surface area contributed by atoms with E-state index in [9.17, 15) is 14.0 Å². The van der Waals surface area contributed by atoms with Crippen molar-refractivity contribution >= 4 is 35.9 Å². The van der Waals surface area contributed by atoms with Crippen LogP contribution in [0.5, 0.6) is 5.88 Å². The van der Waals surface area contributed by atoms with Crippen LogP contribution in [-0.2, 0) is 11.3 Å². The standard InChI is InChI=1S/C19H17BFN5O3/c1-2-10-5-15(10)29-17-14-6-11(20)3-4-13(14)18(28)26(25-17)9-16(27)24-19-22-7-12(21)8-23-19/h3-4,6-8,10,15H,2,5,9H2,1H3,(H,22,23,24,27). The molecule has 2 aromatic heterocycles. The molecule has 2 radical (unpaired) electrons. The molecule has 1 saturated carbocycles. The maximum atomic E-state index is 12.9. The minimum absolute atomic E-state index is 0.0320. The third kappa shape index (κ3) is 4.10. The number of halogens is 1. The number of rotatable bonds is 6. The van der Waals surface area contributed by atoms with E-state index in [1.165, 1.54) is 0 Å². The van der Waals surface area contributed by atoms with Crippen LogP contribution in [0.25, 0.3) is 10.8 Å². The molecule has 8 nitrogen and oxygen atoms in total. The van der Waals surface area contributed by atoms with Crippen molar-refractivity contribution in [3.8, 4) is 5.88 Å². The van der Waals surface area contributed by atoms with Gasteiger partial charge in [0.2, 0.25) is 17.7 Å². The van der Waals surface area contributed by atoms with E-state index >= 15 is 0 Å². The van der Waals surface area contributed by atoms with Crippen molar-refractivity contribution in [2.75, 3.05) is 5.32 Å². The lowest BCUT2D eigenvalue weighted by atomic mass is 9.94. The van der Waals surface area contributed by atoms with Gasteiger partial charge in [0.1, 0.15) is 20.5 Å². The number of carbonyl (C=O) groups is 1. The number of hydrogen-bond acceptors (Lipinski definition) is 6. The molecular weight excluding hydrogens is 376 g/mol. The van der Waals surface area contributed by atoms with E-state index in [1.807, 2.05) is 0 Å². The van der Waals surface area contributed by atoms with Crippen LogP contribution in [0.3, 0.4) is 0 Å². The summed E-state index contributed by atoms with van der Waals surface area (Å²) in [7, 11) is 5.86. The Morgan fingerprint density at radius 1 is 1.34 bits per heavy atom. The Labute approximate surface area is 166 Å². The van der Waals surface area contributed by atoms with Crippen LogP contribution >= 0.6 is 0 Å². The molecule has 0 saturated heterocycles. The maximum absolute atomic E-state index is 12.9. The lowest BCUT2D eigenvalue weighted by Crippen LogP contribution is -2.31. The molecule has 1 aliphatic rings. The number of hydrogen-bond donors (Lipinski definition) is 1. The van der Waals surface area contributed by atoms with E-state index in [0.29, 0.717) is 22.2 Å². The Kier molecular flexibility index (Phi) is 5.00. The molecule has 146 valence electrons. The molecule has 2 unspecified atom stereocenters. The normalized spacial score (nSPS) is 17.9. The molecule has 1 aromatic carbocycles. The van der Waals surface area contributed by atoms with Gasteiger partial charge in [-0.05, 0) is 24.8 Å². The first kappa shape index (κ1) is 19.0. The molecule has 1 amide bonds. The van der Waals surface area contributed by atoms with Gasteiger partial charge in [0, 0.05) is 0 Å². The molecule has 1 N–H and O–H groups in total.